The van der Waals surface area contributed by atoms with Gasteiger partial charge in [0.2, 0.25) is 0 Å². The predicted molar refractivity (Wildman–Crippen MR) is 106 cm³/mol. The normalized spacial score (nSPS) is 29.6. The summed E-state index contributed by atoms with van der Waals surface area (Å²) >= 11 is 5.79. The Morgan fingerprint density at radius 1 is 1.21 bits per heavy atom. The summed E-state index contributed by atoms with van der Waals surface area (Å²) in [6, 6.07) is 4.72. The number of aliphatic hydroxyl groups excluding tert-OH is 3. The molecule has 1 aliphatic carbocycles. The number of phenolic OH excluding ortho intramolecular Hbond substituents is 1. The van der Waals surface area contributed by atoms with Crippen molar-refractivity contribution in [2.24, 2.45) is 5.18 Å². The van der Waals surface area contributed by atoms with E-state index >= 15 is 0 Å². The Hall–Kier alpha value is -1.78. The van der Waals surface area contributed by atoms with Crippen LogP contribution in [-0.2, 0) is 4.74 Å². The van der Waals surface area contributed by atoms with Gasteiger partial charge in [-0.1, -0.05) is 29.6 Å². The molecule has 0 bridgehead atoms. The SMILES string of the molecule is CC1OC(CN=O)C(O)C(O)C1O.O=C(NC1CCCC1)c1cc(Cl)ccc1O. The average Bonchev–Trinajstić information content (AvgIpc) is 3.20. The van der Waals surface area contributed by atoms with Gasteiger partial charge in [0.05, 0.1) is 11.7 Å². The van der Waals surface area contributed by atoms with E-state index < -0.39 is 30.5 Å². The molecule has 1 aromatic carbocycles. The van der Waals surface area contributed by atoms with Gasteiger partial charge >= 0.3 is 0 Å². The van der Waals surface area contributed by atoms with Crippen LogP contribution >= 0.6 is 11.6 Å². The molecule has 10 heteroatoms. The largest absolute Gasteiger partial charge is 0.507 e. The van der Waals surface area contributed by atoms with E-state index in [1.807, 2.05) is 0 Å². The number of nitroso groups, excluding NO2 is 1. The predicted octanol–water partition coefficient (Wildman–Crippen LogP) is 1.34. The van der Waals surface area contributed by atoms with Gasteiger partial charge < -0.3 is 30.5 Å². The van der Waals surface area contributed by atoms with E-state index in [4.69, 9.17) is 16.3 Å². The Labute approximate surface area is 173 Å². The Balaban J connectivity index is 0.000000212. The average molecular weight is 431 g/mol. The van der Waals surface area contributed by atoms with Gasteiger partial charge in [-0.3, -0.25) is 4.79 Å². The van der Waals surface area contributed by atoms with Gasteiger partial charge in [0.15, 0.2) is 0 Å². The molecule has 5 unspecified atom stereocenters. The number of rotatable bonds is 4. The van der Waals surface area contributed by atoms with E-state index in [1.54, 1.807) is 13.0 Å². The molecular formula is C19H27ClN2O7. The number of hydrogen-bond acceptors (Lipinski definition) is 8. The highest BCUT2D eigenvalue weighted by atomic mass is 35.5. The number of nitrogens with zero attached hydrogens (tertiary/aromatic N) is 1. The van der Waals surface area contributed by atoms with Gasteiger partial charge in [-0.25, -0.2) is 0 Å². The van der Waals surface area contributed by atoms with Crippen molar-refractivity contribution in [1.82, 2.24) is 5.32 Å². The molecule has 0 aromatic heterocycles. The number of phenols is 1. The molecule has 2 fully saturated rings. The molecule has 0 radical (unpaired) electrons. The fourth-order valence-electron chi connectivity index (χ4n) is 3.38. The van der Waals surface area contributed by atoms with Gasteiger partial charge in [0.1, 0.15) is 36.7 Å². The van der Waals surface area contributed by atoms with Gasteiger partial charge in [0.25, 0.3) is 5.91 Å². The summed E-state index contributed by atoms with van der Waals surface area (Å²) in [5.41, 5.74) is 0.249. The first kappa shape index (κ1) is 23.5. The quantitative estimate of drug-likeness (QED) is 0.452. The summed E-state index contributed by atoms with van der Waals surface area (Å²) < 4.78 is 5.07. The van der Waals surface area contributed by atoms with Crippen LogP contribution < -0.4 is 5.32 Å². The topological polar surface area (TPSA) is 149 Å². The number of nitrogens with one attached hydrogen (secondary N) is 1. The van der Waals surface area contributed by atoms with Gasteiger partial charge in [0, 0.05) is 11.1 Å². The maximum Gasteiger partial charge on any atom is 0.255 e. The number of amides is 1. The molecule has 9 nitrogen and oxygen atoms in total. The van der Waals surface area contributed by atoms with Crippen LogP contribution in [0.3, 0.4) is 0 Å². The number of aliphatic hydroxyl groups is 3. The van der Waals surface area contributed by atoms with Crippen LogP contribution in [0.25, 0.3) is 0 Å². The van der Waals surface area contributed by atoms with E-state index in [0.717, 1.165) is 25.7 Å². The fraction of sp³-hybridized carbons (Fsp3) is 0.632. The molecule has 1 aromatic rings. The molecular weight excluding hydrogens is 404 g/mol. The van der Waals surface area contributed by atoms with E-state index in [9.17, 15) is 30.1 Å². The number of hydrogen-bond donors (Lipinski definition) is 5. The highest BCUT2D eigenvalue weighted by molar-refractivity contribution is 6.31. The van der Waals surface area contributed by atoms with Gasteiger partial charge in [-0.15, -0.1) is 0 Å². The summed E-state index contributed by atoms with van der Waals surface area (Å²) in [5.74, 6) is -0.271. The summed E-state index contributed by atoms with van der Waals surface area (Å²) in [4.78, 5) is 21.8. The molecule has 5 N–H and O–H groups in total. The number of ether oxygens (including phenoxy) is 1. The lowest BCUT2D eigenvalue weighted by atomic mass is 9.96. The van der Waals surface area contributed by atoms with Crippen molar-refractivity contribution in [3.63, 3.8) is 0 Å². The third-order valence-electron chi connectivity index (χ3n) is 5.10. The first-order chi connectivity index (χ1) is 13.7. The fourth-order valence-corrected chi connectivity index (χ4v) is 3.56. The van der Waals surface area contributed by atoms with Crippen molar-refractivity contribution in [2.75, 3.05) is 6.54 Å². The summed E-state index contributed by atoms with van der Waals surface area (Å²) in [6.45, 7) is 1.33. The van der Waals surface area contributed by atoms with E-state index in [2.05, 4.69) is 10.5 Å². The second-order valence-electron chi connectivity index (χ2n) is 7.28. The summed E-state index contributed by atoms with van der Waals surface area (Å²) in [7, 11) is 0. The van der Waals surface area contributed by atoms with Crippen molar-refractivity contribution in [2.45, 2.75) is 69.2 Å². The molecule has 5 atom stereocenters. The zero-order chi connectivity index (χ0) is 21.6. The lowest BCUT2D eigenvalue weighted by molar-refractivity contribution is -0.213. The molecule has 3 rings (SSSR count). The first-order valence-electron chi connectivity index (χ1n) is 9.52. The summed E-state index contributed by atoms with van der Waals surface area (Å²) in [6.07, 6.45) is -0.743. The number of aromatic hydroxyl groups is 1. The zero-order valence-electron chi connectivity index (χ0n) is 16.1. The molecule has 162 valence electrons. The van der Waals surface area contributed by atoms with Crippen LogP contribution in [0.5, 0.6) is 5.75 Å². The lowest BCUT2D eigenvalue weighted by Gasteiger charge is -2.38. The van der Waals surface area contributed by atoms with E-state index in [0.29, 0.717) is 5.02 Å². The molecule has 0 spiro atoms. The van der Waals surface area contributed by atoms with Crippen LogP contribution in [0.1, 0.15) is 43.0 Å². The molecule has 1 aliphatic heterocycles. The summed E-state index contributed by atoms with van der Waals surface area (Å²) in [5, 5.41) is 43.4. The molecule has 1 saturated heterocycles. The van der Waals surface area contributed by atoms with Crippen molar-refractivity contribution in [1.29, 1.82) is 0 Å². The molecule has 1 heterocycles. The van der Waals surface area contributed by atoms with Crippen LogP contribution in [0.15, 0.2) is 23.4 Å². The van der Waals surface area contributed by atoms with E-state index in [1.165, 1.54) is 12.1 Å². The van der Waals surface area contributed by atoms with Crippen molar-refractivity contribution < 1.29 is 30.0 Å². The highest BCUT2D eigenvalue weighted by Gasteiger charge is 2.41. The molecule has 1 saturated carbocycles. The monoisotopic (exact) mass is 430 g/mol. The maximum atomic E-state index is 11.8. The minimum Gasteiger partial charge on any atom is -0.507 e. The minimum atomic E-state index is -1.28. The minimum absolute atomic E-state index is 0.0279. The van der Waals surface area contributed by atoms with Crippen LogP contribution in [0.2, 0.25) is 5.02 Å². The second-order valence-corrected chi connectivity index (χ2v) is 7.72. The molecule has 1 amide bonds. The lowest BCUT2D eigenvalue weighted by Crippen LogP contribution is -2.57. The smallest absolute Gasteiger partial charge is 0.255 e. The molecule has 2 aliphatic rings. The Morgan fingerprint density at radius 2 is 1.86 bits per heavy atom. The van der Waals surface area contributed by atoms with Crippen LogP contribution in [0, 0.1) is 4.91 Å². The number of halogens is 1. The zero-order valence-corrected chi connectivity index (χ0v) is 16.8. The molecule has 29 heavy (non-hydrogen) atoms. The van der Waals surface area contributed by atoms with Crippen molar-refractivity contribution in [3.05, 3.63) is 33.7 Å². The first-order valence-corrected chi connectivity index (χ1v) is 9.90. The number of carbonyl (C=O) groups is 1. The second kappa shape index (κ2) is 10.8. The number of carbonyl (C=O) groups excluding carboxylic acids is 1. The van der Waals surface area contributed by atoms with Gasteiger partial charge in [-0.05, 0) is 38.0 Å². The standard InChI is InChI=1S/C12H14ClNO2.C7H13NO5/c13-8-5-6-11(15)10(7-8)12(16)14-9-3-1-2-4-9;1-3-5(9)7(11)6(10)4(13-3)2-8-12/h5-7,9,15H,1-4H2,(H,14,16);3-7,9-11H,2H2,1H3. The Bertz CT molecular complexity index is 699. The van der Waals surface area contributed by atoms with Crippen molar-refractivity contribution >= 4 is 17.5 Å². The van der Waals surface area contributed by atoms with Gasteiger partial charge in [-0.2, -0.15) is 4.91 Å². The van der Waals surface area contributed by atoms with Crippen LogP contribution in [-0.4, -0.2) is 69.4 Å². The highest BCUT2D eigenvalue weighted by Crippen LogP contribution is 2.23. The Kier molecular flexibility index (Phi) is 8.79. The third-order valence-corrected chi connectivity index (χ3v) is 5.33. The van der Waals surface area contributed by atoms with E-state index in [-0.39, 0.29) is 29.8 Å². The third kappa shape index (κ3) is 6.35. The number of benzene rings is 1. The Morgan fingerprint density at radius 3 is 2.48 bits per heavy atom. The maximum absolute atomic E-state index is 11.8. The van der Waals surface area contributed by atoms with Crippen molar-refractivity contribution in [3.8, 4) is 5.75 Å². The van der Waals surface area contributed by atoms with Crippen LogP contribution in [0.4, 0.5) is 0 Å².